The molecule has 9 aromatic rings. The number of carbonyl (C=O) groups is 1. The maximum absolute atomic E-state index is 12.8. The molecule has 0 aliphatic rings. The predicted molar refractivity (Wildman–Crippen MR) is 300 cm³/mol. The summed E-state index contributed by atoms with van der Waals surface area (Å²) in [5, 5.41) is 9.23. The molecule has 0 aliphatic carbocycles. The first kappa shape index (κ1) is 60.8. The smallest absolute Gasteiger partial charge is 0.407 e. The Morgan fingerprint density at radius 1 is 0.449 bits per heavy atom. The molecular weight excluding hydrogens is 1030 g/mol. The van der Waals surface area contributed by atoms with Crippen molar-refractivity contribution in [2.75, 3.05) is 6.61 Å². The predicted octanol–water partition coefficient (Wildman–Crippen LogP) is 14.0. The van der Waals surface area contributed by atoms with Crippen LogP contribution in [0.25, 0.3) is 67.7 Å². The van der Waals surface area contributed by atoms with Crippen LogP contribution in [0.15, 0.2) is 210 Å². The SMILES string of the molecule is C[C@@H](CC(F)F)n1c(-c2ccccc2)c(-c2ccccc2)oc1=O.C[C@@H](CC=O)n1c(-c2ccccc2)c(-c2ccccc2)oc1=O.C[C@@H](CCO)n1c(-c2ccccc2)c(-c2ccccc2)oc1=O.C[C@H](N)CC(F)F.Cl. The molecule has 3 heterocycles. The standard InChI is InChI=1S/C19H17F2NO2.C19H19NO3.C19H17NO3.C4H9F2N.ClH/c1-13(12-16(20)21)22-17(14-8-4-2-5-9-14)18(24-19(22)23)15-10-6-3-7-11-15;2*1-14(12-13-21)20-17(15-8-4-2-5-9-15)18(23-19(20)22)16-10-6-3-7-11-16;1-3(7)2-4(5)6;/h2-11,13,16H,12H2,1H3;2-11,14,21H,12-13H2,1H3;2-11,13-14H,12H2,1H3;3-4H,2,7H2,1H3;1H/t13-;2*14-;3-;/m0000./s1. The Hall–Kier alpha value is -8.05. The molecule has 17 heteroatoms. The maximum Gasteiger partial charge on any atom is 0.420 e. The molecule has 0 saturated heterocycles. The molecule has 0 aliphatic heterocycles. The molecule has 0 saturated carbocycles. The second kappa shape index (κ2) is 30.0. The summed E-state index contributed by atoms with van der Waals surface area (Å²) in [6.45, 7) is 6.94. The minimum atomic E-state index is -2.49. The summed E-state index contributed by atoms with van der Waals surface area (Å²) >= 11 is 0. The van der Waals surface area contributed by atoms with E-state index < -0.39 is 42.6 Å². The Morgan fingerprint density at radius 2 is 0.718 bits per heavy atom. The van der Waals surface area contributed by atoms with Crippen LogP contribution in [0.4, 0.5) is 17.6 Å². The topological polar surface area (TPSA) is 169 Å². The van der Waals surface area contributed by atoms with Crippen molar-refractivity contribution < 1.29 is 40.7 Å². The summed E-state index contributed by atoms with van der Waals surface area (Å²) in [5.74, 6) is 0.0145. The third-order valence-electron chi connectivity index (χ3n) is 12.2. The van der Waals surface area contributed by atoms with Crippen molar-refractivity contribution in [3.8, 4) is 67.7 Å². The van der Waals surface area contributed by atoms with E-state index in [0.717, 1.165) is 45.4 Å². The Morgan fingerprint density at radius 3 is 0.962 bits per heavy atom. The third kappa shape index (κ3) is 16.0. The molecule has 0 radical (unpaired) electrons. The van der Waals surface area contributed by atoms with Crippen molar-refractivity contribution in [1.29, 1.82) is 0 Å². The summed E-state index contributed by atoms with van der Waals surface area (Å²) in [4.78, 5) is 48.1. The van der Waals surface area contributed by atoms with Gasteiger partial charge in [0.1, 0.15) is 6.29 Å². The van der Waals surface area contributed by atoms with Gasteiger partial charge in [-0.05, 0) is 34.1 Å². The van der Waals surface area contributed by atoms with Crippen molar-refractivity contribution >= 4 is 18.7 Å². The first-order chi connectivity index (χ1) is 37.1. The Bertz CT molecular complexity index is 3360. The molecule has 9 rings (SSSR count). The number of hydrogen-bond donors (Lipinski definition) is 2. The normalized spacial score (nSPS) is 12.4. The van der Waals surface area contributed by atoms with E-state index >= 15 is 0 Å². The highest BCUT2D eigenvalue weighted by Crippen LogP contribution is 2.37. The van der Waals surface area contributed by atoms with E-state index in [9.17, 15) is 41.8 Å². The number of aromatic nitrogens is 3. The number of nitrogens with two attached hydrogens (primary N) is 1. The minimum absolute atomic E-state index is 0. The zero-order valence-electron chi connectivity index (χ0n) is 43.5. The highest BCUT2D eigenvalue weighted by atomic mass is 35.5. The Balaban J connectivity index is 0.000000202. The highest BCUT2D eigenvalue weighted by Gasteiger charge is 2.27. The van der Waals surface area contributed by atoms with Crippen LogP contribution in [-0.4, -0.2) is 50.6 Å². The number of halogens is 5. The van der Waals surface area contributed by atoms with Crippen molar-refractivity contribution in [1.82, 2.24) is 13.7 Å². The van der Waals surface area contributed by atoms with E-state index in [0.29, 0.717) is 35.1 Å². The van der Waals surface area contributed by atoms with E-state index in [2.05, 4.69) is 0 Å². The number of oxazole rings is 3. The van der Waals surface area contributed by atoms with E-state index in [1.54, 1.807) is 23.0 Å². The van der Waals surface area contributed by atoms with Crippen LogP contribution in [0.2, 0.25) is 0 Å². The first-order valence-corrected chi connectivity index (χ1v) is 25.1. The van der Waals surface area contributed by atoms with Gasteiger partial charge < -0.3 is 28.9 Å². The number of benzene rings is 6. The number of alkyl halides is 4. The summed E-state index contributed by atoms with van der Waals surface area (Å²) in [7, 11) is 0. The molecule has 0 bridgehead atoms. The van der Waals surface area contributed by atoms with Crippen LogP contribution in [0.3, 0.4) is 0 Å². The van der Waals surface area contributed by atoms with Gasteiger partial charge in [0.15, 0.2) is 17.3 Å². The van der Waals surface area contributed by atoms with Gasteiger partial charge in [0.2, 0.25) is 12.9 Å². The third-order valence-corrected chi connectivity index (χ3v) is 12.2. The molecule has 12 nitrogen and oxygen atoms in total. The first-order valence-electron chi connectivity index (χ1n) is 25.1. The molecule has 0 spiro atoms. The zero-order valence-corrected chi connectivity index (χ0v) is 44.4. The van der Waals surface area contributed by atoms with Gasteiger partial charge in [0.25, 0.3) is 0 Å². The van der Waals surface area contributed by atoms with Crippen LogP contribution in [0.5, 0.6) is 0 Å². The molecule has 0 fully saturated rings. The van der Waals surface area contributed by atoms with Gasteiger partial charge >= 0.3 is 17.3 Å². The number of nitrogens with zero attached hydrogens (tertiary/aromatic N) is 3. The fourth-order valence-electron chi connectivity index (χ4n) is 8.52. The van der Waals surface area contributed by atoms with Crippen molar-refractivity contribution in [3.63, 3.8) is 0 Å². The Kier molecular flexibility index (Phi) is 23.4. The van der Waals surface area contributed by atoms with Crippen LogP contribution in [0, 0.1) is 0 Å². The highest BCUT2D eigenvalue weighted by molar-refractivity contribution is 5.85. The van der Waals surface area contributed by atoms with Crippen LogP contribution >= 0.6 is 12.4 Å². The fraction of sp³-hybridized carbons (Fsp3) is 0.246. The summed E-state index contributed by atoms with van der Waals surface area (Å²) in [6, 6.07) is 55.4. The summed E-state index contributed by atoms with van der Waals surface area (Å²) in [5.41, 5.74) is 12.0. The van der Waals surface area contributed by atoms with E-state index in [1.165, 1.54) is 4.57 Å². The number of aliphatic hydroxyl groups is 1. The van der Waals surface area contributed by atoms with E-state index in [4.69, 9.17) is 19.0 Å². The van der Waals surface area contributed by atoms with Gasteiger partial charge in [-0.25, -0.2) is 31.9 Å². The number of rotatable bonds is 17. The summed E-state index contributed by atoms with van der Waals surface area (Å²) < 4.78 is 69.1. The number of aldehydes is 1. The monoisotopic (exact) mass is 1090 g/mol. The fourth-order valence-corrected chi connectivity index (χ4v) is 8.52. The molecule has 3 aromatic heterocycles. The summed E-state index contributed by atoms with van der Waals surface area (Å²) in [6.07, 6.45) is -3.78. The minimum Gasteiger partial charge on any atom is -0.407 e. The zero-order chi connectivity index (χ0) is 55.4. The lowest BCUT2D eigenvalue weighted by molar-refractivity contribution is -0.108. The average molecular weight is 1090 g/mol. The van der Waals surface area contributed by atoms with E-state index in [1.807, 2.05) is 196 Å². The average Bonchev–Trinajstić information content (AvgIpc) is 4.17. The molecular formula is C61H63ClF4N4O8. The molecule has 410 valence electrons. The number of hydrogen-bond acceptors (Lipinski definition) is 9. The second-order valence-electron chi connectivity index (χ2n) is 18.1. The van der Waals surface area contributed by atoms with Gasteiger partial charge in [-0.2, -0.15) is 0 Å². The number of aliphatic hydroxyl groups excluding tert-OH is 1. The Labute approximate surface area is 455 Å². The van der Waals surface area contributed by atoms with Gasteiger partial charge in [-0.3, -0.25) is 13.7 Å². The second-order valence-corrected chi connectivity index (χ2v) is 18.1. The lowest BCUT2D eigenvalue weighted by atomic mass is 10.0. The molecule has 0 unspecified atom stereocenters. The molecule has 3 N–H and O–H groups in total. The van der Waals surface area contributed by atoms with Crippen molar-refractivity contribution in [2.24, 2.45) is 5.73 Å². The van der Waals surface area contributed by atoms with Crippen LogP contribution in [-0.2, 0) is 4.79 Å². The van der Waals surface area contributed by atoms with Gasteiger partial charge in [0.05, 0.1) is 17.1 Å². The number of carbonyl (C=O) groups excluding carboxylic acids is 1. The molecule has 6 aromatic carbocycles. The maximum atomic E-state index is 12.8. The van der Waals surface area contributed by atoms with Crippen LogP contribution < -0.4 is 23.0 Å². The van der Waals surface area contributed by atoms with E-state index in [-0.39, 0.29) is 50.0 Å². The van der Waals surface area contributed by atoms with Gasteiger partial charge in [0, 0.05) is 83.4 Å². The van der Waals surface area contributed by atoms with Gasteiger partial charge in [-0.1, -0.05) is 182 Å². The quantitative estimate of drug-likeness (QED) is 0.0666. The van der Waals surface area contributed by atoms with Crippen molar-refractivity contribution in [2.45, 2.75) is 90.4 Å². The largest absolute Gasteiger partial charge is 0.420 e. The lowest BCUT2D eigenvalue weighted by Gasteiger charge is -2.15. The molecule has 78 heavy (non-hydrogen) atoms. The van der Waals surface area contributed by atoms with Gasteiger partial charge in [-0.15, -0.1) is 12.4 Å². The van der Waals surface area contributed by atoms with Crippen LogP contribution in [0.1, 0.15) is 71.5 Å². The lowest BCUT2D eigenvalue weighted by Crippen LogP contribution is -2.21. The molecule has 4 atom stereocenters. The van der Waals surface area contributed by atoms with Crippen molar-refractivity contribution in [3.05, 3.63) is 214 Å². The molecule has 0 amide bonds.